The van der Waals surface area contributed by atoms with Crippen LogP contribution in [0.15, 0.2) is 30.3 Å². The third-order valence-electron chi connectivity index (χ3n) is 4.19. The lowest BCUT2D eigenvalue weighted by molar-refractivity contribution is -0.385. The van der Waals surface area contributed by atoms with Crippen LogP contribution < -0.4 is 5.73 Å². The Morgan fingerprint density at radius 3 is 2.86 bits per heavy atom. The Kier molecular flexibility index (Phi) is 4.75. The number of piperidine rings is 1. The van der Waals surface area contributed by atoms with Crippen molar-refractivity contribution in [1.82, 2.24) is 4.90 Å². The number of hydrogen-bond donors (Lipinski definition) is 1. The summed E-state index contributed by atoms with van der Waals surface area (Å²) >= 11 is 0. The van der Waals surface area contributed by atoms with Gasteiger partial charge in [-0.15, -0.1) is 0 Å². The molecule has 2 N–H and O–H groups in total. The van der Waals surface area contributed by atoms with E-state index in [0.29, 0.717) is 5.56 Å². The first-order chi connectivity index (χ1) is 9.90. The van der Waals surface area contributed by atoms with Crippen molar-refractivity contribution in [1.29, 1.82) is 0 Å². The molecule has 1 atom stereocenters. The third kappa shape index (κ3) is 3.89. The first-order valence-electron chi connectivity index (χ1n) is 7.28. The van der Waals surface area contributed by atoms with Crippen LogP contribution in [-0.4, -0.2) is 35.5 Å². The van der Waals surface area contributed by atoms with Gasteiger partial charge < -0.3 is 5.73 Å². The molecule has 1 saturated heterocycles. The highest BCUT2D eigenvalue weighted by Gasteiger charge is 2.32. The summed E-state index contributed by atoms with van der Waals surface area (Å²) in [7, 11) is 0. The van der Waals surface area contributed by atoms with Crippen LogP contribution in [0, 0.1) is 15.5 Å². The highest BCUT2D eigenvalue weighted by molar-refractivity contribution is 5.60. The van der Waals surface area contributed by atoms with Crippen LogP contribution in [0.1, 0.15) is 25.8 Å². The van der Waals surface area contributed by atoms with E-state index in [9.17, 15) is 10.1 Å². The largest absolute Gasteiger partial charge is 0.327 e. The molecule has 114 valence electrons. The fraction of sp³-hybridized carbons (Fsp3) is 0.500. The number of rotatable bonds is 4. The van der Waals surface area contributed by atoms with Crippen molar-refractivity contribution in [3.8, 4) is 0 Å². The molecule has 0 spiro atoms. The molecule has 0 saturated carbocycles. The summed E-state index contributed by atoms with van der Waals surface area (Å²) < 4.78 is 0. The molecule has 21 heavy (non-hydrogen) atoms. The summed E-state index contributed by atoms with van der Waals surface area (Å²) in [5.41, 5.74) is 7.04. The van der Waals surface area contributed by atoms with Crippen molar-refractivity contribution < 1.29 is 4.92 Å². The van der Waals surface area contributed by atoms with Crippen LogP contribution in [-0.2, 0) is 0 Å². The average Bonchev–Trinajstić information content (AvgIpc) is 2.43. The number of likely N-dealkylation sites (tertiary alicyclic amines) is 1. The van der Waals surface area contributed by atoms with Crippen molar-refractivity contribution in [2.24, 2.45) is 11.1 Å². The fourth-order valence-electron chi connectivity index (χ4n) is 2.76. The van der Waals surface area contributed by atoms with Gasteiger partial charge in [0, 0.05) is 25.2 Å². The van der Waals surface area contributed by atoms with Gasteiger partial charge >= 0.3 is 0 Å². The van der Waals surface area contributed by atoms with E-state index in [-0.39, 0.29) is 22.1 Å². The van der Waals surface area contributed by atoms with Crippen molar-refractivity contribution in [2.75, 3.05) is 19.6 Å². The van der Waals surface area contributed by atoms with E-state index in [2.05, 4.69) is 18.7 Å². The van der Waals surface area contributed by atoms with Gasteiger partial charge in [0.15, 0.2) is 0 Å². The molecule has 0 amide bonds. The summed E-state index contributed by atoms with van der Waals surface area (Å²) in [5.74, 6) is 0. The second kappa shape index (κ2) is 6.37. The van der Waals surface area contributed by atoms with Crippen LogP contribution >= 0.6 is 0 Å². The van der Waals surface area contributed by atoms with Gasteiger partial charge in [-0.2, -0.15) is 0 Å². The monoisotopic (exact) mass is 289 g/mol. The maximum absolute atomic E-state index is 11.0. The van der Waals surface area contributed by atoms with E-state index in [4.69, 9.17) is 5.73 Å². The van der Waals surface area contributed by atoms with Gasteiger partial charge in [-0.05, 0) is 24.4 Å². The summed E-state index contributed by atoms with van der Waals surface area (Å²) in [6.07, 6.45) is 4.82. The minimum atomic E-state index is -0.345. The number of nitro benzene ring substituents is 1. The summed E-state index contributed by atoms with van der Waals surface area (Å²) in [6.45, 7) is 7.11. The zero-order valence-corrected chi connectivity index (χ0v) is 12.7. The maximum atomic E-state index is 11.0. The Bertz CT molecular complexity index is 540. The van der Waals surface area contributed by atoms with Gasteiger partial charge in [0.05, 0.1) is 10.5 Å². The maximum Gasteiger partial charge on any atom is 0.276 e. The fourth-order valence-corrected chi connectivity index (χ4v) is 2.76. The lowest BCUT2D eigenvalue weighted by Gasteiger charge is -2.42. The molecule has 1 aromatic carbocycles. The number of nitro groups is 1. The standard InChI is InChI=1S/C16H23N3O2/c1-16(2)12-18(11-9-15(16)17)10-5-7-13-6-3-4-8-14(13)19(20)21/h3-8,15H,9-12,17H2,1-2H3/b7-5+. The van der Waals surface area contributed by atoms with Crippen LogP contribution in [0.25, 0.3) is 6.08 Å². The van der Waals surface area contributed by atoms with Gasteiger partial charge in [0.1, 0.15) is 0 Å². The first-order valence-corrected chi connectivity index (χ1v) is 7.28. The first kappa shape index (κ1) is 15.7. The molecule has 2 rings (SSSR count). The van der Waals surface area contributed by atoms with Gasteiger partial charge in [-0.3, -0.25) is 15.0 Å². The molecular weight excluding hydrogens is 266 g/mol. The Morgan fingerprint density at radius 1 is 1.48 bits per heavy atom. The SMILES string of the molecule is CC1(C)CN(C/C=C/c2ccccc2[N+](=O)[O-])CCC1N. The molecule has 1 heterocycles. The van der Waals surface area contributed by atoms with Gasteiger partial charge in [-0.1, -0.05) is 38.1 Å². The smallest absolute Gasteiger partial charge is 0.276 e. The van der Waals surface area contributed by atoms with Gasteiger partial charge in [0.2, 0.25) is 0 Å². The van der Waals surface area contributed by atoms with Gasteiger partial charge in [0.25, 0.3) is 5.69 Å². The average molecular weight is 289 g/mol. The second-order valence-corrected chi connectivity index (χ2v) is 6.34. The quantitative estimate of drug-likeness (QED) is 0.683. The van der Waals surface area contributed by atoms with Crippen molar-refractivity contribution >= 4 is 11.8 Å². The van der Waals surface area contributed by atoms with E-state index < -0.39 is 0 Å². The molecule has 5 heteroatoms. The lowest BCUT2D eigenvalue weighted by atomic mass is 9.80. The van der Waals surface area contributed by atoms with E-state index in [1.165, 1.54) is 6.07 Å². The highest BCUT2D eigenvalue weighted by atomic mass is 16.6. The number of nitrogens with two attached hydrogens (primary N) is 1. The topological polar surface area (TPSA) is 72.4 Å². The van der Waals surface area contributed by atoms with E-state index in [1.54, 1.807) is 12.1 Å². The number of hydrogen-bond acceptors (Lipinski definition) is 4. The predicted molar refractivity (Wildman–Crippen MR) is 84.9 cm³/mol. The minimum Gasteiger partial charge on any atom is -0.327 e. The Morgan fingerprint density at radius 2 is 2.19 bits per heavy atom. The van der Waals surface area contributed by atoms with E-state index >= 15 is 0 Å². The summed E-state index contributed by atoms with van der Waals surface area (Å²) in [4.78, 5) is 13.0. The molecule has 1 aliphatic rings. The molecule has 1 fully saturated rings. The molecule has 0 radical (unpaired) electrons. The summed E-state index contributed by atoms with van der Waals surface area (Å²) in [5, 5.41) is 11.0. The molecule has 1 aromatic rings. The molecular formula is C16H23N3O2. The van der Waals surface area contributed by atoms with Crippen molar-refractivity contribution in [3.05, 3.63) is 46.0 Å². The molecule has 0 aromatic heterocycles. The number of benzene rings is 1. The molecule has 0 aliphatic carbocycles. The van der Waals surface area contributed by atoms with Crippen LogP contribution in [0.4, 0.5) is 5.69 Å². The Hall–Kier alpha value is -1.72. The minimum absolute atomic E-state index is 0.116. The Labute approximate surface area is 125 Å². The normalized spacial score (nSPS) is 22.5. The second-order valence-electron chi connectivity index (χ2n) is 6.34. The Balaban J connectivity index is 1.99. The van der Waals surface area contributed by atoms with E-state index in [0.717, 1.165) is 26.1 Å². The molecule has 0 bridgehead atoms. The molecule has 5 nitrogen and oxygen atoms in total. The number of para-hydroxylation sites is 1. The molecule has 1 aliphatic heterocycles. The number of nitrogens with zero attached hydrogens (tertiary/aromatic N) is 2. The highest BCUT2D eigenvalue weighted by Crippen LogP contribution is 2.27. The van der Waals surface area contributed by atoms with Crippen LogP contribution in [0.5, 0.6) is 0 Å². The van der Waals surface area contributed by atoms with Crippen molar-refractivity contribution in [2.45, 2.75) is 26.3 Å². The third-order valence-corrected chi connectivity index (χ3v) is 4.19. The zero-order chi connectivity index (χ0) is 15.5. The van der Waals surface area contributed by atoms with E-state index in [1.807, 2.05) is 18.2 Å². The molecule has 1 unspecified atom stereocenters. The lowest BCUT2D eigenvalue weighted by Crippen LogP contribution is -2.52. The van der Waals surface area contributed by atoms with Crippen LogP contribution in [0.2, 0.25) is 0 Å². The van der Waals surface area contributed by atoms with Crippen molar-refractivity contribution in [3.63, 3.8) is 0 Å². The van der Waals surface area contributed by atoms with Gasteiger partial charge in [-0.25, -0.2) is 0 Å². The van der Waals surface area contributed by atoms with Crippen LogP contribution in [0.3, 0.4) is 0 Å². The zero-order valence-electron chi connectivity index (χ0n) is 12.7. The summed E-state index contributed by atoms with van der Waals surface area (Å²) in [6, 6.07) is 7.04. The predicted octanol–water partition coefficient (Wildman–Crippen LogP) is 2.67.